The van der Waals surface area contributed by atoms with Crippen LogP contribution >= 0.6 is 0 Å². The molecule has 1 atom stereocenters. The number of carboxylic acids is 1. The van der Waals surface area contributed by atoms with Gasteiger partial charge in [0, 0.05) is 12.8 Å². The molecule has 1 aliphatic heterocycles. The van der Waals surface area contributed by atoms with E-state index in [1.165, 1.54) is 6.92 Å². The van der Waals surface area contributed by atoms with Crippen LogP contribution in [-0.4, -0.2) is 33.3 Å². The van der Waals surface area contributed by atoms with Crippen molar-refractivity contribution in [1.82, 2.24) is 4.90 Å². The zero-order valence-electron chi connectivity index (χ0n) is 9.82. The summed E-state index contributed by atoms with van der Waals surface area (Å²) >= 11 is 0. The van der Waals surface area contributed by atoms with Gasteiger partial charge < -0.3 is 5.11 Å². The summed E-state index contributed by atoms with van der Waals surface area (Å²) in [7, 11) is 0. The number of nitrogens with zero attached hydrogens (tertiary/aromatic N) is 1. The minimum atomic E-state index is -1.41. The molecule has 1 N–H and O–H groups in total. The molecule has 0 radical (unpaired) electrons. The van der Waals surface area contributed by atoms with Crippen LogP contribution in [0.3, 0.4) is 0 Å². The highest BCUT2D eigenvalue weighted by Crippen LogP contribution is 2.28. The fourth-order valence-electron chi connectivity index (χ4n) is 1.95. The van der Waals surface area contributed by atoms with Crippen LogP contribution < -0.4 is 0 Å². The van der Waals surface area contributed by atoms with E-state index in [0.29, 0.717) is 0 Å². The van der Waals surface area contributed by atoms with Crippen LogP contribution in [0.25, 0.3) is 0 Å². The van der Waals surface area contributed by atoms with Gasteiger partial charge in [-0.3, -0.25) is 14.5 Å². The third kappa shape index (κ3) is 1.94. The summed E-state index contributed by atoms with van der Waals surface area (Å²) in [5.41, 5.74) is -1.41. The van der Waals surface area contributed by atoms with E-state index < -0.39 is 11.5 Å². The first-order valence-electron chi connectivity index (χ1n) is 5.42. The molecule has 0 bridgehead atoms. The van der Waals surface area contributed by atoms with Gasteiger partial charge in [0.1, 0.15) is 5.54 Å². The summed E-state index contributed by atoms with van der Waals surface area (Å²) in [6.45, 7) is 4.89. The smallest absolute Gasteiger partial charge is 0.329 e. The van der Waals surface area contributed by atoms with E-state index >= 15 is 0 Å². The number of amides is 2. The van der Waals surface area contributed by atoms with E-state index in [9.17, 15) is 14.4 Å². The maximum Gasteiger partial charge on any atom is 0.329 e. The van der Waals surface area contributed by atoms with Gasteiger partial charge >= 0.3 is 5.97 Å². The Bertz CT molecular complexity index is 321. The van der Waals surface area contributed by atoms with Crippen LogP contribution in [-0.2, 0) is 14.4 Å². The molecule has 1 unspecified atom stereocenters. The summed E-state index contributed by atoms with van der Waals surface area (Å²) in [5, 5.41) is 9.14. The maximum atomic E-state index is 11.8. The van der Waals surface area contributed by atoms with Gasteiger partial charge in [0.2, 0.25) is 11.8 Å². The van der Waals surface area contributed by atoms with Crippen molar-refractivity contribution in [2.75, 3.05) is 0 Å². The monoisotopic (exact) mass is 227 g/mol. The predicted octanol–water partition coefficient (Wildman–Crippen LogP) is 1.02. The molecule has 5 heteroatoms. The van der Waals surface area contributed by atoms with Crippen LogP contribution in [0.5, 0.6) is 0 Å². The first kappa shape index (κ1) is 12.7. The van der Waals surface area contributed by atoms with E-state index in [0.717, 1.165) is 4.90 Å². The Morgan fingerprint density at radius 3 is 2.19 bits per heavy atom. The number of carbonyl (C=O) groups excluding carboxylic acids is 2. The van der Waals surface area contributed by atoms with Gasteiger partial charge in [-0.2, -0.15) is 0 Å². The molecular formula is C11H17NO4. The fraction of sp³-hybridized carbons (Fsp3) is 0.727. The minimum Gasteiger partial charge on any atom is -0.479 e. The molecule has 1 saturated heterocycles. The Labute approximate surface area is 94.4 Å². The molecule has 0 aliphatic carbocycles. The SMILES string of the molecule is CCC(C)(C(=O)O)N1C(=O)CC(C)CC1=O. The normalized spacial score (nSPS) is 22.1. The van der Waals surface area contributed by atoms with Gasteiger partial charge in [0.05, 0.1) is 0 Å². The van der Waals surface area contributed by atoms with Crippen molar-refractivity contribution in [2.45, 2.75) is 45.6 Å². The van der Waals surface area contributed by atoms with E-state index in [1.54, 1.807) is 6.92 Å². The van der Waals surface area contributed by atoms with Crippen molar-refractivity contribution in [1.29, 1.82) is 0 Å². The van der Waals surface area contributed by atoms with Gasteiger partial charge in [0.15, 0.2) is 0 Å². The Morgan fingerprint density at radius 2 is 1.88 bits per heavy atom. The van der Waals surface area contributed by atoms with Gasteiger partial charge in [-0.05, 0) is 19.3 Å². The quantitative estimate of drug-likeness (QED) is 0.730. The van der Waals surface area contributed by atoms with Crippen LogP contribution in [0.15, 0.2) is 0 Å². The van der Waals surface area contributed by atoms with E-state index in [1.807, 2.05) is 6.92 Å². The lowest BCUT2D eigenvalue weighted by atomic mass is 9.89. The Hall–Kier alpha value is -1.39. The third-order valence-corrected chi connectivity index (χ3v) is 3.19. The molecule has 2 amide bonds. The molecule has 1 rings (SSSR count). The number of rotatable bonds is 3. The van der Waals surface area contributed by atoms with Crippen molar-refractivity contribution in [3.05, 3.63) is 0 Å². The van der Waals surface area contributed by atoms with Crippen LogP contribution in [0.4, 0.5) is 0 Å². The molecule has 0 aromatic rings. The lowest BCUT2D eigenvalue weighted by Crippen LogP contribution is -2.59. The summed E-state index contributed by atoms with van der Waals surface area (Å²) in [6.07, 6.45) is 0.706. The summed E-state index contributed by atoms with van der Waals surface area (Å²) in [5.74, 6) is -1.89. The zero-order chi connectivity index (χ0) is 12.5. The topological polar surface area (TPSA) is 74.7 Å². The molecule has 0 spiro atoms. The second-order valence-corrected chi connectivity index (χ2v) is 4.57. The molecule has 90 valence electrons. The second-order valence-electron chi connectivity index (χ2n) is 4.57. The molecule has 0 saturated carbocycles. The van der Waals surface area contributed by atoms with Crippen LogP contribution in [0.1, 0.15) is 40.0 Å². The van der Waals surface area contributed by atoms with E-state index in [2.05, 4.69) is 0 Å². The van der Waals surface area contributed by atoms with Crippen molar-refractivity contribution < 1.29 is 19.5 Å². The molecule has 1 heterocycles. The number of hydrogen-bond donors (Lipinski definition) is 1. The first-order chi connectivity index (χ1) is 7.32. The standard InChI is InChI=1S/C11H17NO4/c1-4-11(3,10(15)16)12-8(13)5-7(2)6-9(12)14/h7H,4-6H2,1-3H3,(H,15,16). The largest absolute Gasteiger partial charge is 0.479 e. The van der Waals surface area contributed by atoms with Gasteiger partial charge in [-0.1, -0.05) is 13.8 Å². The van der Waals surface area contributed by atoms with Gasteiger partial charge in [-0.25, -0.2) is 4.79 Å². The molecule has 1 aliphatic rings. The van der Waals surface area contributed by atoms with Gasteiger partial charge in [0.25, 0.3) is 0 Å². The highest BCUT2D eigenvalue weighted by Gasteiger charge is 2.46. The van der Waals surface area contributed by atoms with Crippen LogP contribution in [0, 0.1) is 5.92 Å². The van der Waals surface area contributed by atoms with Crippen molar-refractivity contribution in [3.8, 4) is 0 Å². The highest BCUT2D eigenvalue weighted by molar-refractivity contribution is 6.02. The molecule has 5 nitrogen and oxygen atoms in total. The van der Waals surface area contributed by atoms with Crippen molar-refractivity contribution in [3.63, 3.8) is 0 Å². The zero-order valence-corrected chi connectivity index (χ0v) is 9.82. The molecule has 0 aromatic heterocycles. The van der Waals surface area contributed by atoms with Gasteiger partial charge in [-0.15, -0.1) is 0 Å². The summed E-state index contributed by atoms with van der Waals surface area (Å²) in [6, 6.07) is 0. The summed E-state index contributed by atoms with van der Waals surface area (Å²) in [4.78, 5) is 35.6. The maximum absolute atomic E-state index is 11.8. The average Bonchev–Trinajstić information content (AvgIpc) is 2.15. The minimum absolute atomic E-state index is 0.00570. The summed E-state index contributed by atoms with van der Waals surface area (Å²) < 4.78 is 0. The molecular weight excluding hydrogens is 210 g/mol. The number of piperidine rings is 1. The van der Waals surface area contributed by atoms with E-state index in [-0.39, 0.29) is 37.0 Å². The van der Waals surface area contributed by atoms with E-state index in [4.69, 9.17) is 5.11 Å². The number of carboxylic acid groups (broad SMARTS) is 1. The first-order valence-corrected chi connectivity index (χ1v) is 5.42. The Balaban J connectivity index is 3.06. The number of hydrogen-bond acceptors (Lipinski definition) is 3. The van der Waals surface area contributed by atoms with Crippen molar-refractivity contribution >= 4 is 17.8 Å². The number of aliphatic carboxylic acids is 1. The fourth-order valence-corrected chi connectivity index (χ4v) is 1.95. The second kappa shape index (κ2) is 4.23. The number of imide groups is 1. The molecule has 0 aromatic carbocycles. The van der Waals surface area contributed by atoms with Crippen molar-refractivity contribution in [2.24, 2.45) is 5.92 Å². The predicted molar refractivity (Wildman–Crippen MR) is 56.6 cm³/mol. The Kier molecular flexibility index (Phi) is 3.35. The third-order valence-electron chi connectivity index (χ3n) is 3.19. The highest BCUT2D eigenvalue weighted by atomic mass is 16.4. The average molecular weight is 227 g/mol. The lowest BCUT2D eigenvalue weighted by Gasteiger charge is -2.39. The lowest BCUT2D eigenvalue weighted by molar-refractivity contribution is -0.169. The molecule has 16 heavy (non-hydrogen) atoms. The number of likely N-dealkylation sites (tertiary alicyclic amines) is 1. The van der Waals surface area contributed by atoms with Crippen LogP contribution in [0.2, 0.25) is 0 Å². The number of carbonyl (C=O) groups is 3. The molecule has 1 fully saturated rings. The Morgan fingerprint density at radius 1 is 1.44 bits per heavy atom.